The monoisotopic (exact) mass is 607 g/mol. The average molecular weight is 607 g/mol. The average Bonchev–Trinajstić information content (AvgIpc) is 3.31. The number of halogens is 1. The Kier molecular flexibility index (Phi) is 7.79. The van der Waals surface area contributed by atoms with Crippen LogP contribution in [0, 0.1) is 18.3 Å². The van der Waals surface area contributed by atoms with E-state index in [0.29, 0.717) is 28.6 Å². The molecule has 0 saturated heterocycles. The smallest absolute Gasteiger partial charge is 0.251 e. The first kappa shape index (κ1) is 24.6. The molecule has 3 heterocycles. The lowest BCUT2D eigenvalue weighted by atomic mass is 9.88. The Labute approximate surface area is 216 Å². The normalized spacial score (nSPS) is 16.9. The molecule has 2 N–H and O–H groups in total. The molecule has 0 fully saturated rings. The molecule has 1 aliphatic rings. The first-order valence-electron chi connectivity index (χ1n) is 10.0. The zero-order valence-corrected chi connectivity index (χ0v) is 21.6. The number of anilines is 1. The molecular formula is C22H18IN5O4S2. The van der Waals surface area contributed by atoms with Crippen molar-refractivity contribution < 1.29 is 18.5 Å². The maximum absolute atomic E-state index is 12.7. The minimum absolute atomic E-state index is 0.0633. The Balaban J connectivity index is 1.39. The van der Waals surface area contributed by atoms with Crippen LogP contribution in [0.3, 0.4) is 0 Å². The maximum Gasteiger partial charge on any atom is 0.251 e. The van der Waals surface area contributed by atoms with Crippen molar-refractivity contribution in [2.45, 2.75) is 19.1 Å². The van der Waals surface area contributed by atoms with Crippen molar-refractivity contribution in [3.8, 4) is 17.5 Å². The van der Waals surface area contributed by atoms with Crippen LogP contribution in [0.2, 0.25) is 0 Å². The number of fused-ring (bicyclic) bond motifs is 1. The molecule has 1 aliphatic heterocycles. The van der Waals surface area contributed by atoms with Crippen LogP contribution in [-0.2, 0) is 25.9 Å². The summed E-state index contributed by atoms with van der Waals surface area (Å²) in [6.45, 7) is 2.05. The van der Waals surface area contributed by atoms with Gasteiger partial charge in [-0.1, -0.05) is 12.1 Å². The molecule has 1 atom stereocenters. The Morgan fingerprint density at radius 3 is 2.94 bits per heavy atom. The van der Waals surface area contributed by atoms with Gasteiger partial charge in [0.25, 0.3) is 5.91 Å². The summed E-state index contributed by atoms with van der Waals surface area (Å²) in [5.74, 6) is -0.851. The number of ether oxygens (including phenoxy) is 1. The molecule has 1 unspecified atom stereocenters. The van der Waals surface area contributed by atoms with E-state index in [0.717, 1.165) is 26.2 Å². The molecule has 2 amide bonds. The highest BCUT2D eigenvalue weighted by Gasteiger charge is 2.40. The van der Waals surface area contributed by atoms with Gasteiger partial charge in [0.05, 0.1) is 34.7 Å². The number of thiazole rings is 1. The molecule has 174 valence electrons. The topological polar surface area (TPSA) is 126 Å². The Bertz CT molecular complexity index is 1280. The van der Waals surface area contributed by atoms with Crippen molar-refractivity contribution in [2.75, 3.05) is 18.5 Å². The van der Waals surface area contributed by atoms with Gasteiger partial charge < -0.3 is 15.4 Å². The molecule has 0 saturated carbocycles. The maximum atomic E-state index is 12.7. The number of nitrogens with one attached hydrogen (secondary N) is 2. The summed E-state index contributed by atoms with van der Waals surface area (Å²) < 4.78 is 11.1. The van der Waals surface area contributed by atoms with E-state index in [1.54, 1.807) is 18.2 Å². The van der Waals surface area contributed by atoms with E-state index in [1.165, 1.54) is 11.3 Å². The largest absolute Gasteiger partial charge is 0.372 e. The second kappa shape index (κ2) is 10.8. The molecule has 4 rings (SSSR count). The van der Waals surface area contributed by atoms with E-state index < -0.39 is 17.4 Å². The summed E-state index contributed by atoms with van der Waals surface area (Å²) in [5, 5.41) is 17.2. The van der Waals surface area contributed by atoms with Crippen LogP contribution >= 0.6 is 41.8 Å². The summed E-state index contributed by atoms with van der Waals surface area (Å²) in [5.41, 5.74) is 2.64. The summed E-state index contributed by atoms with van der Waals surface area (Å²) >= 11 is 3.21. The Morgan fingerprint density at radius 2 is 2.18 bits per heavy atom. The van der Waals surface area contributed by atoms with Crippen LogP contribution in [-0.4, -0.2) is 34.9 Å². The van der Waals surface area contributed by atoms with Crippen LogP contribution in [0.25, 0.3) is 11.4 Å². The third kappa shape index (κ3) is 5.39. The van der Waals surface area contributed by atoms with Gasteiger partial charge in [-0.2, -0.15) is 5.26 Å². The second-order valence-electron chi connectivity index (χ2n) is 7.38. The van der Waals surface area contributed by atoms with E-state index in [-0.39, 0.29) is 13.2 Å². The number of pyridine rings is 1. The minimum atomic E-state index is -1.30. The van der Waals surface area contributed by atoms with Crippen molar-refractivity contribution in [1.29, 1.82) is 5.26 Å². The summed E-state index contributed by atoms with van der Waals surface area (Å²) in [7, 11) is 1.03. The van der Waals surface area contributed by atoms with Crippen molar-refractivity contribution in [2.24, 2.45) is 0 Å². The molecule has 3 aromatic rings. The van der Waals surface area contributed by atoms with Crippen LogP contribution in [0.5, 0.6) is 0 Å². The van der Waals surface area contributed by atoms with E-state index in [9.17, 15) is 14.9 Å². The number of rotatable bonds is 7. The molecule has 0 spiro atoms. The molecule has 9 nitrogen and oxygen atoms in total. The number of nitriles is 1. The number of carbonyl (C=O) groups excluding carboxylic acids is 2. The molecular weight excluding hydrogens is 589 g/mol. The summed E-state index contributed by atoms with van der Waals surface area (Å²) in [4.78, 5) is 33.9. The lowest BCUT2D eigenvalue weighted by molar-refractivity contribution is -0.115. The number of benzene rings is 1. The van der Waals surface area contributed by atoms with Gasteiger partial charge in [-0.15, -0.1) is 11.3 Å². The quantitative estimate of drug-likeness (QED) is 0.303. The van der Waals surface area contributed by atoms with Crippen molar-refractivity contribution in [3.63, 3.8) is 0 Å². The van der Waals surface area contributed by atoms with Gasteiger partial charge in [-0.3, -0.25) is 18.8 Å². The molecule has 12 heteroatoms. The van der Waals surface area contributed by atoms with Crippen LogP contribution in [0.15, 0.2) is 41.8 Å². The molecule has 0 bridgehead atoms. The summed E-state index contributed by atoms with van der Waals surface area (Å²) in [6, 6.07) is 12.8. The fourth-order valence-electron chi connectivity index (χ4n) is 3.40. The highest BCUT2D eigenvalue weighted by atomic mass is 127. The number of nitrogens with zero attached hydrogens (tertiary/aromatic N) is 3. The van der Waals surface area contributed by atoms with Gasteiger partial charge in [-0.25, -0.2) is 4.98 Å². The molecule has 34 heavy (non-hydrogen) atoms. The fourth-order valence-corrected chi connectivity index (χ4v) is 5.32. The fraction of sp³-hybridized carbons (Fsp3) is 0.227. The third-order valence-electron chi connectivity index (χ3n) is 5.04. The number of hydrogen-bond acceptors (Lipinski definition) is 9. The predicted molar refractivity (Wildman–Crippen MR) is 137 cm³/mol. The lowest BCUT2D eigenvalue weighted by Gasteiger charge is -2.31. The molecule has 2 aromatic heterocycles. The van der Waals surface area contributed by atoms with Crippen LogP contribution in [0.1, 0.15) is 27.2 Å². The second-order valence-corrected chi connectivity index (χ2v) is 9.61. The van der Waals surface area contributed by atoms with Crippen molar-refractivity contribution in [1.82, 2.24) is 15.3 Å². The Hall–Kier alpha value is -2.57. The van der Waals surface area contributed by atoms with Crippen molar-refractivity contribution in [3.05, 3.63) is 64.2 Å². The highest BCUT2D eigenvalue weighted by molar-refractivity contribution is 14.2. The van der Waals surface area contributed by atoms with Gasteiger partial charge in [0.15, 0.2) is 5.13 Å². The molecule has 1 aromatic carbocycles. The van der Waals surface area contributed by atoms with E-state index in [2.05, 4.69) is 26.7 Å². The molecule has 0 radical (unpaired) electrons. The van der Waals surface area contributed by atoms with E-state index in [1.807, 2.05) is 51.7 Å². The minimum Gasteiger partial charge on any atom is -0.372 e. The predicted octanol–water partition coefficient (Wildman–Crippen LogP) is 4.15. The van der Waals surface area contributed by atoms with Gasteiger partial charge in [0, 0.05) is 43.4 Å². The van der Waals surface area contributed by atoms with Gasteiger partial charge in [0.1, 0.15) is 11.8 Å². The first-order valence-corrected chi connectivity index (χ1v) is 14.2. The summed E-state index contributed by atoms with van der Waals surface area (Å²) in [6.07, 6.45) is 0. The lowest BCUT2D eigenvalue weighted by Crippen LogP contribution is -2.37. The number of aryl methyl sites for hydroxylation is 1. The number of hydrogen-bond donors (Lipinski definition) is 2. The van der Waals surface area contributed by atoms with Gasteiger partial charge in [0.2, 0.25) is 11.5 Å². The number of aromatic nitrogens is 2. The highest BCUT2D eigenvalue weighted by Crippen LogP contribution is 2.38. The SMILES string of the molecule is Cc1cccc(-c2csc(NC(=O)CNC(=O)c3ccc4c(c3)C(C#N)(OSI)COC4)n2)n1. The zero-order valence-electron chi connectivity index (χ0n) is 17.8. The van der Waals surface area contributed by atoms with Gasteiger partial charge in [-0.05, 0) is 36.8 Å². The van der Waals surface area contributed by atoms with Gasteiger partial charge >= 0.3 is 0 Å². The number of amides is 2. The van der Waals surface area contributed by atoms with Crippen LogP contribution in [0.4, 0.5) is 5.13 Å². The molecule has 0 aliphatic carbocycles. The van der Waals surface area contributed by atoms with E-state index in [4.69, 9.17) is 8.92 Å². The Morgan fingerprint density at radius 1 is 1.32 bits per heavy atom. The van der Waals surface area contributed by atoms with Crippen LogP contribution < -0.4 is 10.6 Å². The standard InChI is InChI=1S/C22H18IN5O4S2/c1-13-3-2-4-17(26-13)18-10-33-21(27-18)28-19(29)8-25-20(30)14-5-6-15-9-31-12-22(11-24,32-34-23)16(15)7-14/h2-7,10H,8-9,12H2,1H3,(H,25,30)(H,27,28,29). The third-order valence-corrected chi connectivity index (χ3v) is 6.68. The van der Waals surface area contributed by atoms with E-state index >= 15 is 0 Å². The first-order chi connectivity index (χ1) is 16.4. The number of carbonyl (C=O) groups is 2. The van der Waals surface area contributed by atoms with Crippen molar-refractivity contribution >= 4 is 58.7 Å². The zero-order chi connectivity index (χ0) is 24.1.